The van der Waals surface area contributed by atoms with E-state index in [0.717, 1.165) is 15.1 Å². The largest absolute Gasteiger partial charge is 0.496 e. The summed E-state index contributed by atoms with van der Waals surface area (Å²) in [6, 6.07) is 5.33. The molecule has 0 aliphatic carbocycles. The van der Waals surface area contributed by atoms with Crippen molar-refractivity contribution in [2.45, 2.75) is 6.42 Å². The first-order valence-electron chi connectivity index (χ1n) is 4.95. The van der Waals surface area contributed by atoms with Crippen molar-refractivity contribution < 1.29 is 9.53 Å². The summed E-state index contributed by atoms with van der Waals surface area (Å²) in [7, 11) is 1.60. The lowest BCUT2D eigenvalue weighted by molar-refractivity contribution is 0.0993. The van der Waals surface area contributed by atoms with Crippen molar-refractivity contribution >= 4 is 33.0 Å². The standard InChI is InChI=1S/C12H10BrNO2S/c1-16-12-3-2-8(4-10(12)13)11(15)5-9-6-14-7-17-9/h2-4,6-7H,5H2,1H3. The van der Waals surface area contributed by atoms with Gasteiger partial charge in [0.05, 0.1) is 17.1 Å². The summed E-state index contributed by atoms with van der Waals surface area (Å²) in [6.07, 6.45) is 2.12. The molecule has 1 aromatic heterocycles. The maximum atomic E-state index is 12.0. The SMILES string of the molecule is COc1ccc(C(=O)Cc2cncs2)cc1Br. The Labute approximate surface area is 112 Å². The van der Waals surface area contributed by atoms with Crippen molar-refractivity contribution in [3.8, 4) is 5.75 Å². The lowest BCUT2D eigenvalue weighted by atomic mass is 10.1. The van der Waals surface area contributed by atoms with E-state index in [9.17, 15) is 4.79 Å². The van der Waals surface area contributed by atoms with E-state index in [1.54, 1.807) is 37.0 Å². The van der Waals surface area contributed by atoms with Gasteiger partial charge in [-0.2, -0.15) is 0 Å². The molecular weight excluding hydrogens is 302 g/mol. The fraction of sp³-hybridized carbons (Fsp3) is 0.167. The van der Waals surface area contributed by atoms with Crippen molar-refractivity contribution in [2.75, 3.05) is 7.11 Å². The number of rotatable bonds is 4. The predicted octanol–water partition coefficient (Wildman–Crippen LogP) is 3.34. The zero-order chi connectivity index (χ0) is 12.3. The minimum atomic E-state index is 0.0811. The first kappa shape index (κ1) is 12.3. The van der Waals surface area contributed by atoms with Crippen LogP contribution in [0.4, 0.5) is 0 Å². The summed E-state index contributed by atoms with van der Waals surface area (Å²) in [5, 5.41) is 0. The van der Waals surface area contributed by atoms with Crippen LogP contribution in [0.5, 0.6) is 5.75 Å². The minimum absolute atomic E-state index is 0.0811. The van der Waals surface area contributed by atoms with Gasteiger partial charge in [0, 0.05) is 23.1 Å². The molecule has 1 aromatic carbocycles. The number of hydrogen-bond donors (Lipinski definition) is 0. The molecule has 0 unspecified atom stereocenters. The van der Waals surface area contributed by atoms with Crippen molar-refractivity contribution in [1.82, 2.24) is 4.98 Å². The molecule has 0 aliphatic heterocycles. The van der Waals surface area contributed by atoms with Gasteiger partial charge in [0.2, 0.25) is 0 Å². The molecule has 2 aromatic rings. The Bertz CT molecular complexity index is 525. The molecule has 5 heteroatoms. The molecule has 0 saturated carbocycles. The zero-order valence-electron chi connectivity index (χ0n) is 9.14. The van der Waals surface area contributed by atoms with Crippen molar-refractivity contribution in [3.05, 3.63) is 44.8 Å². The lowest BCUT2D eigenvalue weighted by Gasteiger charge is -2.05. The summed E-state index contributed by atoms with van der Waals surface area (Å²) in [5.41, 5.74) is 2.40. The van der Waals surface area contributed by atoms with Crippen molar-refractivity contribution in [2.24, 2.45) is 0 Å². The van der Waals surface area contributed by atoms with E-state index in [0.29, 0.717) is 12.0 Å². The summed E-state index contributed by atoms with van der Waals surface area (Å²) < 4.78 is 5.91. The second-order valence-electron chi connectivity index (χ2n) is 3.42. The van der Waals surface area contributed by atoms with Crippen LogP contribution in [-0.4, -0.2) is 17.9 Å². The highest BCUT2D eigenvalue weighted by Gasteiger charge is 2.10. The van der Waals surface area contributed by atoms with Gasteiger partial charge in [-0.1, -0.05) is 0 Å². The Kier molecular flexibility index (Phi) is 3.91. The number of ether oxygens (including phenoxy) is 1. The number of halogens is 1. The second kappa shape index (κ2) is 5.42. The molecule has 88 valence electrons. The number of ketones is 1. The van der Waals surface area contributed by atoms with Crippen LogP contribution in [0.3, 0.4) is 0 Å². The Balaban J connectivity index is 2.17. The fourth-order valence-corrected chi connectivity index (χ4v) is 2.56. The van der Waals surface area contributed by atoms with E-state index < -0.39 is 0 Å². The van der Waals surface area contributed by atoms with Crippen LogP contribution in [0.1, 0.15) is 15.2 Å². The first-order chi connectivity index (χ1) is 8.20. The highest BCUT2D eigenvalue weighted by Crippen LogP contribution is 2.26. The number of aromatic nitrogens is 1. The monoisotopic (exact) mass is 311 g/mol. The van der Waals surface area contributed by atoms with Crippen LogP contribution in [0.15, 0.2) is 34.4 Å². The minimum Gasteiger partial charge on any atom is -0.496 e. The Morgan fingerprint density at radius 3 is 2.94 bits per heavy atom. The van der Waals surface area contributed by atoms with Crippen molar-refractivity contribution in [1.29, 1.82) is 0 Å². The number of Topliss-reactive ketones (excluding diaryl/α,β-unsaturated/α-hetero) is 1. The van der Waals surface area contributed by atoms with Gasteiger partial charge in [-0.05, 0) is 34.1 Å². The number of nitrogens with zero attached hydrogens (tertiary/aromatic N) is 1. The molecule has 17 heavy (non-hydrogen) atoms. The highest BCUT2D eigenvalue weighted by molar-refractivity contribution is 9.10. The van der Waals surface area contributed by atoms with Crippen LogP contribution in [0.25, 0.3) is 0 Å². The molecule has 1 heterocycles. The summed E-state index contributed by atoms with van der Waals surface area (Å²) in [5.74, 6) is 0.803. The van der Waals surface area contributed by atoms with E-state index in [4.69, 9.17) is 4.74 Å². The molecule has 0 N–H and O–H groups in total. The maximum Gasteiger partial charge on any atom is 0.168 e. The zero-order valence-corrected chi connectivity index (χ0v) is 11.5. The number of benzene rings is 1. The van der Waals surface area contributed by atoms with Gasteiger partial charge in [0.25, 0.3) is 0 Å². The Morgan fingerprint density at radius 1 is 1.53 bits per heavy atom. The van der Waals surface area contributed by atoms with Crippen LogP contribution in [0, 0.1) is 0 Å². The van der Waals surface area contributed by atoms with E-state index in [2.05, 4.69) is 20.9 Å². The number of methoxy groups -OCH3 is 1. The highest BCUT2D eigenvalue weighted by atomic mass is 79.9. The van der Waals surface area contributed by atoms with Gasteiger partial charge < -0.3 is 4.74 Å². The average molecular weight is 312 g/mol. The summed E-state index contributed by atoms with van der Waals surface area (Å²) in [6.45, 7) is 0. The van der Waals surface area contributed by atoms with Gasteiger partial charge in [0.15, 0.2) is 5.78 Å². The summed E-state index contributed by atoms with van der Waals surface area (Å²) in [4.78, 5) is 16.9. The average Bonchev–Trinajstić information content (AvgIpc) is 2.81. The molecule has 0 aliphatic rings. The van der Waals surface area contributed by atoms with E-state index in [-0.39, 0.29) is 5.78 Å². The van der Waals surface area contributed by atoms with Crippen LogP contribution in [-0.2, 0) is 6.42 Å². The summed E-state index contributed by atoms with van der Waals surface area (Å²) >= 11 is 4.86. The molecule has 0 bridgehead atoms. The van der Waals surface area contributed by atoms with Gasteiger partial charge in [-0.3, -0.25) is 9.78 Å². The maximum absolute atomic E-state index is 12.0. The quantitative estimate of drug-likeness (QED) is 0.813. The smallest absolute Gasteiger partial charge is 0.168 e. The number of hydrogen-bond acceptors (Lipinski definition) is 4. The van der Waals surface area contributed by atoms with Crippen LogP contribution >= 0.6 is 27.3 Å². The molecule has 2 rings (SSSR count). The number of carbonyl (C=O) groups is 1. The molecule has 3 nitrogen and oxygen atoms in total. The van der Waals surface area contributed by atoms with Gasteiger partial charge in [-0.25, -0.2) is 0 Å². The van der Waals surface area contributed by atoms with Crippen LogP contribution < -0.4 is 4.74 Å². The Morgan fingerprint density at radius 2 is 2.35 bits per heavy atom. The molecule has 0 radical (unpaired) electrons. The lowest BCUT2D eigenvalue weighted by Crippen LogP contribution is -2.02. The number of thiazole rings is 1. The number of carbonyl (C=O) groups excluding carboxylic acids is 1. The molecule has 0 atom stereocenters. The third kappa shape index (κ3) is 2.92. The normalized spacial score (nSPS) is 10.2. The van der Waals surface area contributed by atoms with Crippen molar-refractivity contribution in [3.63, 3.8) is 0 Å². The molecule has 0 saturated heterocycles. The van der Waals surface area contributed by atoms with E-state index >= 15 is 0 Å². The third-order valence-corrected chi connectivity index (χ3v) is 3.69. The third-order valence-electron chi connectivity index (χ3n) is 2.29. The van der Waals surface area contributed by atoms with Gasteiger partial charge in [0.1, 0.15) is 5.75 Å². The fourth-order valence-electron chi connectivity index (χ4n) is 1.43. The molecule has 0 fully saturated rings. The van der Waals surface area contributed by atoms with Gasteiger partial charge >= 0.3 is 0 Å². The van der Waals surface area contributed by atoms with Gasteiger partial charge in [-0.15, -0.1) is 11.3 Å². The topological polar surface area (TPSA) is 39.2 Å². The first-order valence-corrected chi connectivity index (χ1v) is 6.62. The van der Waals surface area contributed by atoms with E-state index in [1.807, 2.05) is 0 Å². The predicted molar refractivity (Wildman–Crippen MR) is 70.8 cm³/mol. The van der Waals surface area contributed by atoms with E-state index in [1.165, 1.54) is 11.3 Å². The molecular formula is C12H10BrNO2S. The second-order valence-corrected chi connectivity index (χ2v) is 5.24. The van der Waals surface area contributed by atoms with Crippen LogP contribution in [0.2, 0.25) is 0 Å². The Hall–Kier alpha value is -1.20. The molecule has 0 amide bonds. The molecule has 0 spiro atoms.